The summed E-state index contributed by atoms with van der Waals surface area (Å²) < 4.78 is 0. The average molecular weight is 340 g/mol. The molecular formula is C18H20N4OS. The number of aromatic amines is 1. The van der Waals surface area contributed by atoms with E-state index in [1.807, 2.05) is 30.5 Å². The maximum absolute atomic E-state index is 12.1. The number of H-pyrrole nitrogens is 1. The molecule has 3 rings (SSSR count). The highest BCUT2D eigenvalue weighted by Gasteiger charge is 2.15. The highest BCUT2D eigenvalue weighted by Crippen LogP contribution is 2.23. The van der Waals surface area contributed by atoms with E-state index in [9.17, 15) is 10.1 Å². The predicted octanol–water partition coefficient (Wildman–Crippen LogP) is 3.02. The van der Waals surface area contributed by atoms with Crippen LogP contribution in [0.3, 0.4) is 0 Å². The summed E-state index contributed by atoms with van der Waals surface area (Å²) in [5.41, 5.74) is 2.16. The number of likely N-dealkylation sites (tertiary alicyclic amines) is 1. The largest absolute Gasteiger partial charge is 0.300 e. The minimum atomic E-state index is -0.381. The third-order valence-corrected chi connectivity index (χ3v) is 4.84. The van der Waals surface area contributed by atoms with Gasteiger partial charge in [-0.25, -0.2) is 4.98 Å². The van der Waals surface area contributed by atoms with Gasteiger partial charge in [-0.3, -0.25) is 9.69 Å². The van der Waals surface area contributed by atoms with Gasteiger partial charge in [0.15, 0.2) is 5.16 Å². The summed E-state index contributed by atoms with van der Waals surface area (Å²) in [5.74, 6) is 0. The fraction of sp³-hybridized carbons (Fsp3) is 0.389. The van der Waals surface area contributed by atoms with Gasteiger partial charge in [-0.1, -0.05) is 36.4 Å². The molecule has 0 bridgehead atoms. The van der Waals surface area contributed by atoms with E-state index in [0.29, 0.717) is 10.9 Å². The summed E-state index contributed by atoms with van der Waals surface area (Å²) in [5, 5.41) is 9.85. The van der Waals surface area contributed by atoms with Crippen molar-refractivity contribution in [1.29, 1.82) is 5.26 Å². The first kappa shape index (κ1) is 16.7. The average Bonchev–Trinajstić information content (AvgIpc) is 2.62. The molecule has 1 aliphatic heterocycles. The summed E-state index contributed by atoms with van der Waals surface area (Å²) in [6.07, 6.45) is 5.67. The first-order chi connectivity index (χ1) is 11.7. The van der Waals surface area contributed by atoms with Crippen molar-refractivity contribution in [3.63, 3.8) is 0 Å². The molecule has 0 aliphatic carbocycles. The van der Waals surface area contributed by atoms with E-state index >= 15 is 0 Å². The van der Waals surface area contributed by atoms with Gasteiger partial charge >= 0.3 is 0 Å². The van der Waals surface area contributed by atoms with Crippen molar-refractivity contribution in [3.05, 3.63) is 45.7 Å². The van der Waals surface area contributed by atoms with Crippen molar-refractivity contribution in [1.82, 2.24) is 14.9 Å². The SMILES string of the molecule is CSc1nc(-c2cccc(CN3CCCCC3)c2)c(C#N)c(=O)[nH]1. The number of nitriles is 1. The smallest absolute Gasteiger partial charge is 0.270 e. The van der Waals surface area contributed by atoms with E-state index in [1.54, 1.807) is 0 Å². The van der Waals surface area contributed by atoms with Crippen LogP contribution >= 0.6 is 11.8 Å². The Kier molecular flexibility index (Phi) is 5.34. The van der Waals surface area contributed by atoms with Crippen LogP contribution in [0.4, 0.5) is 0 Å². The predicted molar refractivity (Wildman–Crippen MR) is 95.9 cm³/mol. The van der Waals surface area contributed by atoms with Gasteiger partial charge in [-0.15, -0.1) is 0 Å². The molecule has 6 heteroatoms. The van der Waals surface area contributed by atoms with Crippen LogP contribution in [0.2, 0.25) is 0 Å². The lowest BCUT2D eigenvalue weighted by atomic mass is 10.0. The quantitative estimate of drug-likeness (QED) is 0.684. The van der Waals surface area contributed by atoms with Crippen LogP contribution in [0.5, 0.6) is 0 Å². The second kappa shape index (κ2) is 7.65. The standard InChI is InChI=1S/C18H20N4OS/c1-24-18-20-16(15(11-19)17(23)21-18)14-7-5-6-13(10-14)12-22-8-3-2-4-9-22/h5-7,10H,2-4,8-9,12H2,1H3,(H,20,21,23). The van der Waals surface area contributed by atoms with Crippen LogP contribution < -0.4 is 5.56 Å². The van der Waals surface area contributed by atoms with Crippen LogP contribution in [0.25, 0.3) is 11.3 Å². The summed E-state index contributed by atoms with van der Waals surface area (Å²) in [6, 6.07) is 10.0. The summed E-state index contributed by atoms with van der Waals surface area (Å²) in [4.78, 5) is 21.6. The zero-order valence-corrected chi connectivity index (χ0v) is 14.5. The number of thioether (sulfide) groups is 1. The number of nitrogens with one attached hydrogen (secondary N) is 1. The number of rotatable bonds is 4. The molecule has 1 saturated heterocycles. The van der Waals surface area contributed by atoms with Gasteiger partial charge in [0.05, 0.1) is 5.69 Å². The maximum atomic E-state index is 12.1. The fourth-order valence-corrected chi connectivity index (χ4v) is 3.43. The van der Waals surface area contributed by atoms with Crippen LogP contribution in [0.15, 0.2) is 34.2 Å². The Morgan fingerprint density at radius 3 is 2.83 bits per heavy atom. The monoisotopic (exact) mass is 340 g/mol. The number of benzene rings is 1. The van der Waals surface area contributed by atoms with Crippen LogP contribution in [-0.4, -0.2) is 34.2 Å². The Bertz CT molecular complexity index is 818. The Labute approximate surface area is 145 Å². The Morgan fingerprint density at radius 1 is 1.33 bits per heavy atom. The van der Waals surface area contributed by atoms with Gasteiger partial charge in [-0.2, -0.15) is 5.26 Å². The molecule has 1 N–H and O–H groups in total. The minimum Gasteiger partial charge on any atom is -0.300 e. The molecule has 0 unspecified atom stereocenters. The van der Waals surface area contributed by atoms with E-state index in [1.165, 1.54) is 36.6 Å². The normalized spacial score (nSPS) is 15.2. The van der Waals surface area contributed by atoms with Crippen molar-refractivity contribution in [2.45, 2.75) is 31.0 Å². The molecule has 0 amide bonds. The number of aromatic nitrogens is 2. The number of piperidine rings is 1. The number of hydrogen-bond donors (Lipinski definition) is 1. The molecule has 2 heterocycles. The number of nitrogens with zero attached hydrogens (tertiary/aromatic N) is 3. The Balaban J connectivity index is 1.95. The van der Waals surface area contributed by atoms with Gasteiger partial charge in [0, 0.05) is 12.1 Å². The van der Waals surface area contributed by atoms with E-state index < -0.39 is 0 Å². The zero-order valence-electron chi connectivity index (χ0n) is 13.7. The zero-order chi connectivity index (χ0) is 16.9. The summed E-state index contributed by atoms with van der Waals surface area (Å²) in [6.45, 7) is 3.16. The molecule has 1 aromatic heterocycles. The van der Waals surface area contributed by atoms with Gasteiger partial charge in [-0.05, 0) is 43.8 Å². The molecule has 1 aromatic carbocycles. The molecule has 0 saturated carbocycles. The number of hydrogen-bond acceptors (Lipinski definition) is 5. The Morgan fingerprint density at radius 2 is 2.12 bits per heavy atom. The highest BCUT2D eigenvalue weighted by molar-refractivity contribution is 7.98. The van der Waals surface area contributed by atoms with Crippen molar-refractivity contribution in [3.8, 4) is 17.3 Å². The van der Waals surface area contributed by atoms with Crippen molar-refractivity contribution in [2.24, 2.45) is 0 Å². The van der Waals surface area contributed by atoms with E-state index in [4.69, 9.17) is 0 Å². The van der Waals surface area contributed by atoms with E-state index in [-0.39, 0.29) is 11.1 Å². The molecule has 5 nitrogen and oxygen atoms in total. The van der Waals surface area contributed by atoms with E-state index in [2.05, 4.69) is 20.9 Å². The molecule has 0 spiro atoms. The van der Waals surface area contributed by atoms with Gasteiger partial charge in [0.1, 0.15) is 11.6 Å². The molecule has 124 valence electrons. The first-order valence-corrected chi connectivity index (χ1v) is 9.34. The summed E-state index contributed by atoms with van der Waals surface area (Å²) in [7, 11) is 0. The third kappa shape index (κ3) is 3.69. The highest BCUT2D eigenvalue weighted by atomic mass is 32.2. The fourth-order valence-electron chi connectivity index (χ4n) is 3.05. The first-order valence-electron chi connectivity index (χ1n) is 8.11. The molecule has 0 radical (unpaired) electrons. The third-order valence-electron chi connectivity index (χ3n) is 4.26. The lowest BCUT2D eigenvalue weighted by Gasteiger charge is -2.26. The van der Waals surface area contributed by atoms with Crippen molar-refractivity contribution >= 4 is 11.8 Å². The lowest BCUT2D eigenvalue weighted by molar-refractivity contribution is 0.221. The minimum absolute atomic E-state index is 0.0722. The van der Waals surface area contributed by atoms with Crippen LogP contribution in [0, 0.1) is 11.3 Å². The maximum Gasteiger partial charge on any atom is 0.270 e. The molecule has 2 aromatic rings. The second-order valence-electron chi connectivity index (χ2n) is 5.95. The van der Waals surface area contributed by atoms with Gasteiger partial charge in [0.25, 0.3) is 5.56 Å². The molecule has 1 aliphatic rings. The van der Waals surface area contributed by atoms with E-state index in [0.717, 1.165) is 25.2 Å². The summed E-state index contributed by atoms with van der Waals surface area (Å²) >= 11 is 1.36. The van der Waals surface area contributed by atoms with Crippen molar-refractivity contribution in [2.75, 3.05) is 19.3 Å². The molecule has 0 atom stereocenters. The Hall–Kier alpha value is -2.10. The van der Waals surface area contributed by atoms with Crippen LogP contribution in [0.1, 0.15) is 30.4 Å². The molecule has 1 fully saturated rings. The molecular weight excluding hydrogens is 320 g/mol. The van der Waals surface area contributed by atoms with Crippen molar-refractivity contribution < 1.29 is 0 Å². The topological polar surface area (TPSA) is 72.8 Å². The molecule has 24 heavy (non-hydrogen) atoms. The second-order valence-corrected chi connectivity index (χ2v) is 6.74. The lowest BCUT2D eigenvalue weighted by Crippen LogP contribution is -2.29. The van der Waals surface area contributed by atoms with Crippen LogP contribution in [-0.2, 0) is 6.54 Å². The van der Waals surface area contributed by atoms with Gasteiger partial charge in [0.2, 0.25) is 0 Å². The van der Waals surface area contributed by atoms with Gasteiger partial charge < -0.3 is 4.98 Å².